The number of hydrogen-bond acceptors (Lipinski definition) is 4. The highest BCUT2D eigenvalue weighted by Gasteiger charge is 2.75. The Hall–Kier alpha value is -3.77. The minimum absolute atomic E-state index is 0.0852. The third-order valence-corrected chi connectivity index (χ3v) is 8.34. The van der Waals surface area contributed by atoms with Crippen molar-refractivity contribution in [2.45, 2.75) is 31.0 Å². The predicted octanol–water partition coefficient (Wildman–Crippen LogP) is 3.71. The van der Waals surface area contributed by atoms with Gasteiger partial charge in [-0.25, -0.2) is 4.90 Å². The monoisotopic (exact) mass is 463 g/mol. The van der Waals surface area contributed by atoms with E-state index in [1.165, 1.54) is 4.90 Å². The Balaban J connectivity index is 1.41. The van der Waals surface area contributed by atoms with Gasteiger partial charge in [-0.1, -0.05) is 66.7 Å². The molecule has 4 heterocycles. The second-order valence-corrected chi connectivity index (χ2v) is 9.91. The van der Waals surface area contributed by atoms with Crippen LogP contribution in [0.4, 0.5) is 11.4 Å². The number of hydrogen-bond donors (Lipinski definition) is 0. The molecule has 7 rings (SSSR count). The first-order valence-corrected chi connectivity index (χ1v) is 12.3. The van der Waals surface area contributed by atoms with Crippen molar-refractivity contribution in [3.05, 3.63) is 96.1 Å². The first kappa shape index (κ1) is 20.6. The summed E-state index contributed by atoms with van der Waals surface area (Å²) in [4.78, 5) is 47.9. The number of carbonyl (C=O) groups is 3. The summed E-state index contributed by atoms with van der Waals surface area (Å²) in [6.07, 6.45) is 1.73. The van der Waals surface area contributed by atoms with Crippen molar-refractivity contribution in [3.8, 4) is 0 Å². The molecule has 0 N–H and O–H groups in total. The fraction of sp³-hybridized carbons (Fsp3) is 0.276. The molecule has 0 saturated carbocycles. The van der Waals surface area contributed by atoms with E-state index in [0.29, 0.717) is 18.8 Å². The molecule has 3 aromatic carbocycles. The van der Waals surface area contributed by atoms with E-state index in [1.54, 1.807) is 12.1 Å². The Morgan fingerprint density at radius 3 is 2.26 bits per heavy atom. The average molecular weight is 464 g/mol. The highest BCUT2D eigenvalue weighted by Crippen LogP contribution is 2.62. The van der Waals surface area contributed by atoms with Gasteiger partial charge in [0.25, 0.3) is 5.91 Å². The van der Waals surface area contributed by atoms with Gasteiger partial charge in [0.1, 0.15) is 5.54 Å². The normalized spacial score (nSPS) is 29.3. The number of rotatable bonds is 3. The molecule has 3 aromatic rings. The van der Waals surface area contributed by atoms with E-state index in [-0.39, 0.29) is 23.8 Å². The summed E-state index contributed by atoms with van der Waals surface area (Å²) in [6, 6.07) is 26.8. The molecule has 0 unspecified atom stereocenters. The van der Waals surface area contributed by atoms with Crippen molar-refractivity contribution in [3.63, 3.8) is 0 Å². The largest absolute Gasteiger partial charge is 0.306 e. The highest BCUT2D eigenvalue weighted by molar-refractivity contribution is 6.26. The lowest BCUT2D eigenvalue weighted by molar-refractivity contribution is -0.137. The zero-order valence-corrected chi connectivity index (χ0v) is 19.2. The average Bonchev–Trinajstić information content (AvgIpc) is 3.59. The van der Waals surface area contributed by atoms with Crippen LogP contribution in [-0.4, -0.2) is 35.2 Å². The van der Waals surface area contributed by atoms with Gasteiger partial charge in [0.15, 0.2) is 0 Å². The van der Waals surface area contributed by atoms with Crippen LogP contribution in [0.15, 0.2) is 84.9 Å². The Bertz CT molecular complexity index is 1360. The van der Waals surface area contributed by atoms with Crippen LogP contribution in [0, 0.1) is 11.8 Å². The summed E-state index contributed by atoms with van der Waals surface area (Å²) in [5.41, 5.74) is 2.16. The number of amides is 3. The van der Waals surface area contributed by atoms with Crippen LogP contribution in [0.2, 0.25) is 0 Å². The van der Waals surface area contributed by atoms with E-state index < -0.39 is 17.4 Å². The molecule has 0 aliphatic carbocycles. The standard InChI is InChI=1S/C29H25N3O3/c33-26-24-23-16-9-17-31(23)29(25(24)27(34)32(26)20-12-5-2-6-13-20)21-14-7-8-15-22(21)30(28(29)35)18-19-10-3-1-4-11-19/h1-8,10-15,23-25H,9,16-18H2/t23-,24-,25-,29+/m1/s1. The van der Waals surface area contributed by atoms with Crippen LogP contribution in [0.3, 0.4) is 0 Å². The van der Waals surface area contributed by atoms with Gasteiger partial charge in [-0.2, -0.15) is 0 Å². The summed E-state index contributed by atoms with van der Waals surface area (Å²) >= 11 is 0. The molecule has 3 fully saturated rings. The minimum atomic E-state index is -1.15. The molecule has 1 spiro atoms. The molecule has 0 bridgehead atoms. The predicted molar refractivity (Wildman–Crippen MR) is 131 cm³/mol. The molecule has 0 aromatic heterocycles. The summed E-state index contributed by atoms with van der Waals surface area (Å²) < 4.78 is 0. The molecule has 35 heavy (non-hydrogen) atoms. The summed E-state index contributed by atoms with van der Waals surface area (Å²) in [6.45, 7) is 1.14. The van der Waals surface area contributed by atoms with Crippen LogP contribution in [-0.2, 0) is 26.5 Å². The van der Waals surface area contributed by atoms with Crippen molar-refractivity contribution < 1.29 is 14.4 Å². The molecule has 6 nitrogen and oxygen atoms in total. The van der Waals surface area contributed by atoms with Crippen molar-refractivity contribution >= 4 is 29.1 Å². The van der Waals surface area contributed by atoms with E-state index in [1.807, 2.05) is 77.7 Å². The van der Waals surface area contributed by atoms with Gasteiger partial charge in [-0.15, -0.1) is 0 Å². The first-order valence-electron chi connectivity index (χ1n) is 12.3. The maximum atomic E-state index is 14.6. The van der Waals surface area contributed by atoms with Crippen molar-refractivity contribution in [2.24, 2.45) is 11.8 Å². The second-order valence-electron chi connectivity index (χ2n) is 9.91. The number of nitrogens with zero attached hydrogens (tertiary/aromatic N) is 3. The Labute approximate surface area is 203 Å². The molecular formula is C29H25N3O3. The Kier molecular flexibility index (Phi) is 4.33. The Morgan fingerprint density at radius 1 is 0.800 bits per heavy atom. The van der Waals surface area contributed by atoms with Crippen LogP contribution in [0.5, 0.6) is 0 Å². The van der Waals surface area contributed by atoms with Crippen LogP contribution >= 0.6 is 0 Å². The quantitative estimate of drug-likeness (QED) is 0.556. The molecule has 4 aliphatic heterocycles. The van der Waals surface area contributed by atoms with Crippen molar-refractivity contribution in [1.82, 2.24) is 4.90 Å². The SMILES string of the molecule is O=C1[C@@H]2[C@H]3CCCN3[C@]3(C(=O)N(Cc4ccccc4)c4ccccc43)[C@H]2C(=O)N1c1ccccc1. The summed E-state index contributed by atoms with van der Waals surface area (Å²) in [7, 11) is 0. The van der Waals surface area contributed by atoms with Crippen LogP contribution in [0.1, 0.15) is 24.0 Å². The molecule has 6 heteroatoms. The highest BCUT2D eigenvalue weighted by atomic mass is 16.2. The smallest absolute Gasteiger partial charge is 0.253 e. The van der Waals surface area contributed by atoms with Crippen LogP contribution in [0.25, 0.3) is 0 Å². The lowest BCUT2D eigenvalue weighted by Gasteiger charge is -2.37. The second kappa shape index (κ2) is 7.36. The topological polar surface area (TPSA) is 60.9 Å². The maximum absolute atomic E-state index is 14.6. The summed E-state index contributed by atoms with van der Waals surface area (Å²) in [5.74, 6) is -1.76. The minimum Gasteiger partial charge on any atom is -0.306 e. The molecule has 0 radical (unpaired) electrons. The number of benzene rings is 3. The number of anilines is 2. The zero-order chi connectivity index (χ0) is 23.7. The number of imide groups is 1. The van der Waals surface area contributed by atoms with Gasteiger partial charge in [0.2, 0.25) is 11.8 Å². The number of fused-ring (bicyclic) bond motifs is 7. The third kappa shape index (κ3) is 2.55. The molecule has 4 atom stereocenters. The van der Waals surface area contributed by atoms with Crippen molar-refractivity contribution in [2.75, 3.05) is 16.3 Å². The van der Waals surface area contributed by atoms with Crippen molar-refractivity contribution in [1.29, 1.82) is 0 Å². The molecule has 3 saturated heterocycles. The lowest BCUT2D eigenvalue weighted by Crippen LogP contribution is -2.55. The van der Waals surface area contributed by atoms with E-state index in [2.05, 4.69) is 4.90 Å². The fourth-order valence-electron chi connectivity index (χ4n) is 7.09. The van der Waals surface area contributed by atoms with E-state index in [9.17, 15) is 14.4 Å². The van der Waals surface area contributed by atoms with Gasteiger partial charge >= 0.3 is 0 Å². The molecule has 3 amide bonds. The molecule has 174 valence electrons. The maximum Gasteiger partial charge on any atom is 0.253 e. The first-order chi connectivity index (χ1) is 17.1. The van der Waals surface area contributed by atoms with E-state index in [0.717, 1.165) is 29.7 Å². The summed E-state index contributed by atoms with van der Waals surface area (Å²) in [5, 5.41) is 0. The van der Waals surface area contributed by atoms with E-state index >= 15 is 0 Å². The number of carbonyl (C=O) groups excluding carboxylic acids is 3. The van der Waals surface area contributed by atoms with Gasteiger partial charge in [0.05, 0.1) is 24.1 Å². The van der Waals surface area contributed by atoms with Gasteiger partial charge < -0.3 is 4.90 Å². The van der Waals surface area contributed by atoms with E-state index in [4.69, 9.17) is 0 Å². The Morgan fingerprint density at radius 2 is 1.49 bits per heavy atom. The molecule has 4 aliphatic rings. The zero-order valence-electron chi connectivity index (χ0n) is 19.2. The number of para-hydroxylation sites is 2. The van der Waals surface area contributed by atoms with Gasteiger partial charge in [0, 0.05) is 17.3 Å². The fourth-order valence-corrected chi connectivity index (χ4v) is 7.09. The lowest BCUT2D eigenvalue weighted by atomic mass is 9.75. The van der Waals surface area contributed by atoms with Crippen LogP contribution < -0.4 is 9.80 Å². The van der Waals surface area contributed by atoms with Gasteiger partial charge in [-0.05, 0) is 43.1 Å². The third-order valence-electron chi connectivity index (χ3n) is 8.34. The van der Waals surface area contributed by atoms with Gasteiger partial charge in [-0.3, -0.25) is 19.3 Å². The molecular weight excluding hydrogens is 438 g/mol.